The summed E-state index contributed by atoms with van der Waals surface area (Å²) >= 11 is 0. The van der Waals surface area contributed by atoms with Gasteiger partial charge in [-0.15, -0.1) is 0 Å². The molecule has 0 aliphatic carbocycles. The maximum absolute atomic E-state index is 11.1. The molecule has 0 atom stereocenters. The molecule has 1 aromatic heterocycles. The number of carbonyl (C=O) groups is 1. The van der Waals surface area contributed by atoms with Gasteiger partial charge in [0.15, 0.2) is 0 Å². The maximum atomic E-state index is 11.1. The van der Waals surface area contributed by atoms with Crippen LogP contribution in [0.3, 0.4) is 0 Å². The van der Waals surface area contributed by atoms with E-state index in [9.17, 15) is 4.79 Å². The minimum Gasteiger partial charge on any atom is -0.468 e. The van der Waals surface area contributed by atoms with E-state index in [0.29, 0.717) is 5.69 Å². The number of rotatable bonds is 2. The number of hydrogen-bond donors (Lipinski definition) is 1. The molecular formula is C11H12N2O2. The number of hydrogen-bond acceptors (Lipinski definition) is 3. The van der Waals surface area contributed by atoms with Gasteiger partial charge < -0.3 is 15.0 Å². The van der Waals surface area contributed by atoms with Gasteiger partial charge >= 0.3 is 5.97 Å². The second kappa shape index (κ2) is 3.65. The number of benzene rings is 1. The average Bonchev–Trinajstić information content (AvgIpc) is 2.61. The highest BCUT2D eigenvalue weighted by molar-refractivity contribution is 5.84. The van der Waals surface area contributed by atoms with E-state index in [4.69, 9.17) is 5.73 Å². The van der Waals surface area contributed by atoms with Gasteiger partial charge in [0.1, 0.15) is 6.54 Å². The molecule has 0 aliphatic heterocycles. The van der Waals surface area contributed by atoms with E-state index in [1.165, 1.54) is 7.11 Å². The molecular weight excluding hydrogens is 192 g/mol. The lowest BCUT2D eigenvalue weighted by molar-refractivity contribution is -0.141. The molecule has 2 N–H and O–H groups in total. The topological polar surface area (TPSA) is 57.2 Å². The number of methoxy groups -OCH3 is 1. The summed E-state index contributed by atoms with van der Waals surface area (Å²) in [6.07, 6.45) is 1.85. The highest BCUT2D eigenvalue weighted by Crippen LogP contribution is 2.18. The molecule has 4 nitrogen and oxygen atoms in total. The lowest BCUT2D eigenvalue weighted by Crippen LogP contribution is -2.10. The van der Waals surface area contributed by atoms with Crippen molar-refractivity contribution in [3.8, 4) is 0 Å². The summed E-state index contributed by atoms with van der Waals surface area (Å²) in [5, 5.41) is 1.06. The molecule has 78 valence electrons. The number of fused-ring (bicyclic) bond motifs is 1. The van der Waals surface area contributed by atoms with Crippen LogP contribution in [0, 0.1) is 0 Å². The Hall–Kier alpha value is -1.97. The number of carbonyl (C=O) groups excluding carboxylic acids is 1. The predicted octanol–water partition coefficient (Wildman–Crippen LogP) is 1.40. The molecule has 0 amide bonds. The third-order valence-electron chi connectivity index (χ3n) is 2.33. The maximum Gasteiger partial charge on any atom is 0.325 e. The first-order valence-corrected chi connectivity index (χ1v) is 4.62. The van der Waals surface area contributed by atoms with Crippen molar-refractivity contribution in [1.29, 1.82) is 0 Å². The summed E-state index contributed by atoms with van der Waals surface area (Å²) < 4.78 is 6.43. The number of anilines is 1. The Bertz CT molecular complexity index is 502. The summed E-state index contributed by atoms with van der Waals surface area (Å²) in [6.45, 7) is 0.212. The molecule has 0 fully saturated rings. The third kappa shape index (κ3) is 1.79. The Kier molecular flexibility index (Phi) is 2.33. The van der Waals surface area contributed by atoms with Crippen LogP contribution in [-0.2, 0) is 16.1 Å². The Morgan fingerprint density at radius 3 is 3.00 bits per heavy atom. The zero-order valence-electron chi connectivity index (χ0n) is 8.43. The molecule has 1 heterocycles. The number of aromatic nitrogens is 1. The third-order valence-corrected chi connectivity index (χ3v) is 2.33. The summed E-state index contributed by atoms with van der Waals surface area (Å²) in [5.74, 6) is -0.269. The molecule has 0 saturated heterocycles. The van der Waals surface area contributed by atoms with Crippen LogP contribution in [-0.4, -0.2) is 17.6 Å². The molecule has 15 heavy (non-hydrogen) atoms. The largest absolute Gasteiger partial charge is 0.468 e. The lowest BCUT2D eigenvalue weighted by atomic mass is 10.2. The van der Waals surface area contributed by atoms with Crippen molar-refractivity contribution in [2.24, 2.45) is 0 Å². The van der Waals surface area contributed by atoms with Crippen molar-refractivity contribution in [2.45, 2.75) is 6.54 Å². The first-order valence-electron chi connectivity index (χ1n) is 4.62. The fraction of sp³-hybridized carbons (Fsp3) is 0.182. The number of nitrogen functional groups attached to an aromatic ring is 1. The van der Waals surface area contributed by atoms with E-state index in [2.05, 4.69) is 4.74 Å². The van der Waals surface area contributed by atoms with E-state index in [-0.39, 0.29) is 12.5 Å². The van der Waals surface area contributed by atoms with Gasteiger partial charge in [0.2, 0.25) is 0 Å². The fourth-order valence-electron chi connectivity index (χ4n) is 1.54. The molecule has 1 aromatic carbocycles. The van der Waals surface area contributed by atoms with Crippen LogP contribution < -0.4 is 5.73 Å². The molecule has 4 heteroatoms. The van der Waals surface area contributed by atoms with Crippen LogP contribution in [0.25, 0.3) is 10.9 Å². The normalized spacial score (nSPS) is 10.5. The molecule has 2 rings (SSSR count). The van der Waals surface area contributed by atoms with Gasteiger partial charge in [0, 0.05) is 11.9 Å². The van der Waals surface area contributed by atoms with Gasteiger partial charge in [-0.05, 0) is 23.6 Å². The summed E-state index contributed by atoms with van der Waals surface area (Å²) in [5.41, 5.74) is 7.32. The van der Waals surface area contributed by atoms with Crippen molar-refractivity contribution in [1.82, 2.24) is 4.57 Å². The van der Waals surface area contributed by atoms with Crippen LogP contribution in [0.1, 0.15) is 0 Å². The second-order valence-corrected chi connectivity index (χ2v) is 3.34. The van der Waals surface area contributed by atoms with Crippen LogP contribution in [0.15, 0.2) is 30.5 Å². The number of nitrogens with zero attached hydrogens (tertiary/aromatic N) is 1. The highest BCUT2D eigenvalue weighted by Gasteiger charge is 2.05. The zero-order chi connectivity index (χ0) is 10.8. The van der Waals surface area contributed by atoms with Crippen molar-refractivity contribution in [3.63, 3.8) is 0 Å². The molecule has 0 unspecified atom stereocenters. The molecule has 0 bridgehead atoms. The van der Waals surface area contributed by atoms with E-state index >= 15 is 0 Å². The van der Waals surface area contributed by atoms with Crippen molar-refractivity contribution >= 4 is 22.6 Å². The Morgan fingerprint density at radius 2 is 2.27 bits per heavy atom. The van der Waals surface area contributed by atoms with E-state index in [0.717, 1.165) is 10.9 Å². The standard InChI is InChI=1S/C11H12N2O2/c1-15-11(14)7-13-5-4-8-2-3-9(12)6-10(8)13/h2-6H,7,12H2,1H3. The first kappa shape index (κ1) is 9.58. The summed E-state index contributed by atoms with van der Waals surface area (Å²) in [6, 6.07) is 7.55. The fourth-order valence-corrected chi connectivity index (χ4v) is 1.54. The van der Waals surface area contributed by atoms with Crippen LogP contribution >= 0.6 is 0 Å². The van der Waals surface area contributed by atoms with Crippen molar-refractivity contribution < 1.29 is 9.53 Å². The van der Waals surface area contributed by atoms with Gasteiger partial charge in [0.05, 0.1) is 12.6 Å². The molecule has 0 saturated carbocycles. The monoisotopic (exact) mass is 204 g/mol. The second-order valence-electron chi connectivity index (χ2n) is 3.34. The van der Waals surface area contributed by atoms with Crippen molar-refractivity contribution in [2.75, 3.05) is 12.8 Å². The lowest BCUT2D eigenvalue weighted by Gasteiger charge is -2.03. The van der Waals surface area contributed by atoms with E-state index in [1.807, 2.05) is 35.0 Å². The average molecular weight is 204 g/mol. The van der Waals surface area contributed by atoms with Gasteiger partial charge in [-0.25, -0.2) is 0 Å². The number of nitrogens with two attached hydrogens (primary N) is 1. The predicted molar refractivity (Wildman–Crippen MR) is 58.4 cm³/mol. The SMILES string of the molecule is COC(=O)Cn1ccc2ccc(N)cc21. The Morgan fingerprint density at radius 1 is 1.47 bits per heavy atom. The summed E-state index contributed by atoms with van der Waals surface area (Å²) in [7, 11) is 1.38. The van der Waals surface area contributed by atoms with Gasteiger partial charge in [-0.3, -0.25) is 4.79 Å². The molecule has 2 aromatic rings. The number of esters is 1. The van der Waals surface area contributed by atoms with Crippen molar-refractivity contribution in [3.05, 3.63) is 30.5 Å². The Balaban J connectivity index is 2.43. The first-order chi connectivity index (χ1) is 7.20. The van der Waals surface area contributed by atoms with E-state index < -0.39 is 0 Å². The highest BCUT2D eigenvalue weighted by atomic mass is 16.5. The minimum atomic E-state index is -0.269. The van der Waals surface area contributed by atoms with Crippen LogP contribution in [0.5, 0.6) is 0 Å². The van der Waals surface area contributed by atoms with Gasteiger partial charge in [-0.1, -0.05) is 6.07 Å². The zero-order valence-corrected chi connectivity index (χ0v) is 8.43. The Labute approximate surface area is 87.2 Å². The molecule has 0 aliphatic rings. The van der Waals surface area contributed by atoms with Crippen LogP contribution in [0.2, 0.25) is 0 Å². The van der Waals surface area contributed by atoms with Crippen LogP contribution in [0.4, 0.5) is 5.69 Å². The van der Waals surface area contributed by atoms with Gasteiger partial charge in [-0.2, -0.15) is 0 Å². The molecule has 0 spiro atoms. The number of ether oxygens (including phenoxy) is 1. The van der Waals surface area contributed by atoms with E-state index in [1.54, 1.807) is 0 Å². The quantitative estimate of drug-likeness (QED) is 0.594. The van der Waals surface area contributed by atoms with Gasteiger partial charge in [0.25, 0.3) is 0 Å². The molecule has 0 radical (unpaired) electrons. The summed E-state index contributed by atoms with van der Waals surface area (Å²) in [4.78, 5) is 11.1. The minimum absolute atomic E-state index is 0.212. The smallest absolute Gasteiger partial charge is 0.325 e.